The summed E-state index contributed by atoms with van der Waals surface area (Å²) in [5, 5.41) is 5.52. The highest BCUT2D eigenvalue weighted by atomic mass is 35.5. The summed E-state index contributed by atoms with van der Waals surface area (Å²) >= 11 is 0. The average Bonchev–Trinajstić information content (AvgIpc) is 2.59. The zero-order chi connectivity index (χ0) is 18.4. The van der Waals surface area contributed by atoms with Crippen LogP contribution >= 0.6 is 12.4 Å². The van der Waals surface area contributed by atoms with E-state index in [0.717, 1.165) is 5.56 Å². The lowest BCUT2D eigenvalue weighted by Gasteiger charge is -2.19. The number of amides is 2. The van der Waals surface area contributed by atoms with E-state index >= 15 is 0 Å². The Kier molecular flexibility index (Phi) is 7.80. The van der Waals surface area contributed by atoms with E-state index in [2.05, 4.69) is 31.4 Å². The van der Waals surface area contributed by atoms with Gasteiger partial charge in [-0.3, -0.25) is 9.59 Å². The first-order valence-corrected chi connectivity index (χ1v) is 8.32. The van der Waals surface area contributed by atoms with Crippen LogP contribution in [0.3, 0.4) is 0 Å². The molecule has 0 atom stereocenters. The van der Waals surface area contributed by atoms with E-state index in [0.29, 0.717) is 29.9 Å². The highest BCUT2D eigenvalue weighted by Crippen LogP contribution is 2.23. The Morgan fingerprint density at radius 2 is 1.58 bits per heavy atom. The van der Waals surface area contributed by atoms with Gasteiger partial charge >= 0.3 is 0 Å². The molecular formula is C20H26ClN3O2. The van der Waals surface area contributed by atoms with E-state index in [9.17, 15) is 9.59 Å². The average molecular weight is 376 g/mol. The number of hydrogen-bond acceptors (Lipinski definition) is 3. The highest BCUT2D eigenvalue weighted by molar-refractivity contribution is 6.09. The topological polar surface area (TPSA) is 84.2 Å². The maximum atomic E-state index is 12.5. The smallest absolute Gasteiger partial charge is 0.255 e. The van der Waals surface area contributed by atoms with Crippen LogP contribution in [0.15, 0.2) is 48.5 Å². The molecule has 0 aliphatic rings. The molecule has 0 saturated heterocycles. The fourth-order valence-corrected chi connectivity index (χ4v) is 2.39. The molecule has 0 fully saturated rings. The van der Waals surface area contributed by atoms with Crippen LogP contribution in [0.25, 0.3) is 0 Å². The van der Waals surface area contributed by atoms with Crippen LogP contribution in [-0.4, -0.2) is 24.9 Å². The van der Waals surface area contributed by atoms with Gasteiger partial charge in [0.15, 0.2) is 0 Å². The summed E-state index contributed by atoms with van der Waals surface area (Å²) in [7, 11) is 0. The molecule has 2 rings (SSSR count). The second-order valence-corrected chi connectivity index (χ2v) is 6.87. The van der Waals surface area contributed by atoms with Crippen molar-refractivity contribution in [2.75, 3.05) is 18.4 Å². The van der Waals surface area contributed by atoms with Gasteiger partial charge in [0.1, 0.15) is 0 Å². The predicted octanol–water partition coefficient (Wildman–Crippen LogP) is 3.35. The molecule has 140 valence electrons. The Balaban J connectivity index is 0.00000338. The van der Waals surface area contributed by atoms with Gasteiger partial charge in [-0.25, -0.2) is 0 Å². The molecule has 5 nitrogen and oxygen atoms in total. The van der Waals surface area contributed by atoms with Crippen LogP contribution < -0.4 is 16.4 Å². The van der Waals surface area contributed by atoms with Crippen molar-refractivity contribution in [1.29, 1.82) is 0 Å². The number of nitrogens with two attached hydrogens (primary N) is 1. The molecule has 0 saturated carbocycles. The summed E-state index contributed by atoms with van der Waals surface area (Å²) in [6.07, 6.45) is 0. The van der Waals surface area contributed by atoms with Gasteiger partial charge in [-0.15, -0.1) is 12.4 Å². The largest absolute Gasteiger partial charge is 0.351 e. The third-order valence-corrected chi connectivity index (χ3v) is 3.86. The van der Waals surface area contributed by atoms with Gasteiger partial charge in [0, 0.05) is 18.7 Å². The molecule has 4 N–H and O–H groups in total. The van der Waals surface area contributed by atoms with Crippen molar-refractivity contribution in [3.8, 4) is 0 Å². The lowest BCUT2D eigenvalue weighted by atomic mass is 9.86. The first kappa shape index (κ1) is 21.7. The number of carbonyl (C=O) groups excluding carboxylic acids is 2. The summed E-state index contributed by atoms with van der Waals surface area (Å²) in [5.41, 5.74) is 8.03. The van der Waals surface area contributed by atoms with Gasteiger partial charge < -0.3 is 16.4 Å². The van der Waals surface area contributed by atoms with Gasteiger partial charge in [-0.05, 0) is 35.2 Å². The summed E-state index contributed by atoms with van der Waals surface area (Å²) in [4.78, 5) is 24.7. The molecule has 0 spiro atoms. The maximum Gasteiger partial charge on any atom is 0.255 e. The maximum absolute atomic E-state index is 12.5. The van der Waals surface area contributed by atoms with E-state index in [1.54, 1.807) is 36.4 Å². The Hall–Kier alpha value is -2.37. The van der Waals surface area contributed by atoms with Crippen LogP contribution in [0.2, 0.25) is 0 Å². The zero-order valence-electron chi connectivity index (χ0n) is 15.3. The minimum absolute atomic E-state index is 0. The molecule has 2 aromatic carbocycles. The van der Waals surface area contributed by atoms with Crippen LogP contribution in [0, 0.1) is 0 Å². The number of nitrogens with one attached hydrogen (secondary N) is 2. The normalized spacial score (nSPS) is 10.6. The molecule has 0 radical (unpaired) electrons. The SMILES string of the molecule is CC(C)(C)c1ccc(C(=O)Nc2ccccc2C(=O)NCCN)cc1.Cl. The van der Waals surface area contributed by atoms with Crippen molar-refractivity contribution in [3.63, 3.8) is 0 Å². The number of rotatable bonds is 5. The number of halogens is 1. The Bertz CT molecular complexity index is 752. The van der Waals surface area contributed by atoms with Crippen molar-refractivity contribution in [3.05, 3.63) is 65.2 Å². The molecular weight excluding hydrogens is 350 g/mol. The lowest BCUT2D eigenvalue weighted by Crippen LogP contribution is -2.30. The van der Waals surface area contributed by atoms with Crippen molar-refractivity contribution in [1.82, 2.24) is 5.32 Å². The molecule has 2 amide bonds. The lowest BCUT2D eigenvalue weighted by molar-refractivity contribution is 0.0955. The zero-order valence-corrected chi connectivity index (χ0v) is 16.2. The van der Waals surface area contributed by atoms with E-state index in [-0.39, 0.29) is 29.6 Å². The molecule has 26 heavy (non-hydrogen) atoms. The monoisotopic (exact) mass is 375 g/mol. The van der Waals surface area contributed by atoms with Crippen LogP contribution in [-0.2, 0) is 5.41 Å². The fourth-order valence-electron chi connectivity index (χ4n) is 2.39. The van der Waals surface area contributed by atoms with Crippen LogP contribution in [0.5, 0.6) is 0 Å². The number of anilines is 1. The van der Waals surface area contributed by atoms with E-state index < -0.39 is 0 Å². The summed E-state index contributed by atoms with van der Waals surface area (Å²) < 4.78 is 0. The molecule has 0 aliphatic heterocycles. The molecule has 6 heteroatoms. The Labute approximate surface area is 160 Å². The first-order valence-electron chi connectivity index (χ1n) is 8.32. The molecule has 2 aromatic rings. The number of hydrogen-bond donors (Lipinski definition) is 3. The van der Waals surface area contributed by atoms with Gasteiger partial charge in [0.25, 0.3) is 11.8 Å². The van der Waals surface area contributed by atoms with E-state index in [4.69, 9.17) is 5.73 Å². The van der Waals surface area contributed by atoms with Crippen LogP contribution in [0.1, 0.15) is 47.1 Å². The third kappa shape index (κ3) is 5.58. The molecule has 0 heterocycles. The van der Waals surface area contributed by atoms with Crippen molar-refractivity contribution in [2.45, 2.75) is 26.2 Å². The van der Waals surface area contributed by atoms with Crippen molar-refractivity contribution in [2.24, 2.45) is 5.73 Å². The number of para-hydroxylation sites is 1. The van der Waals surface area contributed by atoms with Gasteiger partial charge in [0.2, 0.25) is 0 Å². The van der Waals surface area contributed by atoms with E-state index in [1.165, 1.54) is 0 Å². The van der Waals surface area contributed by atoms with Gasteiger partial charge in [-0.1, -0.05) is 45.0 Å². The number of carbonyl (C=O) groups is 2. The summed E-state index contributed by atoms with van der Waals surface area (Å²) in [6.45, 7) is 7.12. The highest BCUT2D eigenvalue weighted by Gasteiger charge is 2.16. The Morgan fingerprint density at radius 3 is 2.15 bits per heavy atom. The van der Waals surface area contributed by atoms with Crippen LogP contribution in [0.4, 0.5) is 5.69 Å². The minimum Gasteiger partial charge on any atom is -0.351 e. The third-order valence-electron chi connectivity index (χ3n) is 3.86. The Morgan fingerprint density at radius 1 is 0.962 bits per heavy atom. The second-order valence-electron chi connectivity index (χ2n) is 6.87. The number of benzene rings is 2. The standard InChI is InChI=1S/C20H25N3O2.ClH/c1-20(2,3)15-10-8-14(9-11-15)18(24)23-17-7-5-4-6-16(17)19(25)22-13-12-21;/h4-11H,12-13,21H2,1-3H3,(H,22,25)(H,23,24);1H. The van der Waals surface area contributed by atoms with Crippen molar-refractivity contribution < 1.29 is 9.59 Å². The van der Waals surface area contributed by atoms with Crippen molar-refractivity contribution >= 4 is 29.9 Å². The molecule has 0 aromatic heterocycles. The fraction of sp³-hybridized carbons (Fsp3) is 0.300. The first-order chi connectivity index (χ1) is 11.8. The van der Waals surface area contributed by atoms with E-state index in [1.807, 2.05) is 12.1 Å². The van der Waals surface area contributed by atoms with Gasteiger partial charge in [0.05, 0.1) is 11.3 Å². The van der Waals surface area contributed by atoms with Gasteiger partial charge in [-0.2, -0.15) is 0 Å². The summed E-state index contributed by atoms with van der Waals surface area (Å²) in [6, 6.07) is 14.4. The minimum atomic E-state index is -0.260. The second kappa shape index (κ2) is 9.36. The molecule has 0 bridgehead atoms. The quantitative estimate of drug-likeness (QED) is 0.749. The summed E-state index contributed by atoms with van der Waals surface area (Å²) in [5.74, 6) is -0.510. The molecule has 0 unspecified atom stereocenters. The predicted molar refractivity (Wildman–Crippen MR) is 108 cm³/mol. The molecule has 0 aliphatic carbocycles.